The van der Waals surface area contributed by atoms with Crippen LogP contribution in [0.4, 0.5) is 18.9 Å². The van der Waals surface area contributed by atoms with Gasteiger partial charge in [0, 0.05) is 43.5 Å². The highest BCUT2D eigenvalue weighted by Gasteiger charge is 2.21. The zero-order valence-corrected chi connectivity index (χ0v) is 15.1. The van der Waals surface area contributed by atoms with E-state index in [2.05, 4.69) is 10.2 Å². The van der Waals surface area contributed by atoms with Crippen molar-refractivity contribution in [3.05, 3.63) is 65.5 Å². The number of nitrogens with zero attached hydrogens (tertiary/aromatic N) is 2. The van der Waals surface area contributed by atoms with Gasteiger partial charge in [-0.15, -0.1) is 0 Å². The van der Waals surface area contributed by atoms with Gasteiger partial charge in [-0.25, -0.2) is 13.2 Å². The molecule has 144 valence electrons. The van der Waals surface area contributed by atoms with Crippen LogP contribution in [0.5, 0.6) is 0 Å². The second-order valence-electron chi connectivity index (χ2n) is 6.69. The van der Waals surface area contributed by atoms with E-state index in [4.69, 9.17) is 0 Å². The molecule has 1 saturated heterocycles. The van der Waals surface area contributed by atoms with Gasteiger partial charge in [0.25, 0.3) is 0 Å². The fourth-order valence-electron chi connectivity index (χ4n) is 3.24. The van der Waals surface area contributed by atoms with Crippen LogP contribution in [-0.4, -0.2) is 43.5 Å². The van der Waals surface area contributed by atoms with Gasteiger partial charge in [0.1, 0.15) is 17.5 Å². The zero-order chi connectivity index (χ0) is 19.4. The Morgan fingerprint density at radius 1 is 1.00 bits per heavy atom. The predicted octanol–water partition coefficient (Wildman–Crippen LogP) is 3.10. The molecule has 1 aliphatic heterocycles. The molecule has 1 fully saturated rings. The molecule has 3 rings (SSSR count). The quantitative estimate of drug-likeness (QED) is 0.870. The van der Waals surface area contributed by atoms with Gasteiger partial charge < -0.3 is 10.2 Å². The first-order valence-corrected chi connectivity index (χ1v) is 8.89. The number of carbonyl (C=O) groups is 1. The fourth-order valence-corrected chi connectivity index (χ4v) is 3.24. The largest absolute Gasteiger partial charge is 0.369 e. The van der Waals surface area contributed by atoms with Gasteiger partial charge in [0.2, 0.25) is 5.91 Å². The zero-order valence-electron chi connectivity index (χ0n) is 15.1. The van der Waals surface area contributed by atoms with Gasteiger partial charge in [0.05, 0.1) is 12.6 Å². The van der Waals surface area contributed by atoms with Crippen molar-refractivity contribution >= 4 is 11.6 Å². The summed E-state index contributed by atoms with van der Waals surface area (Å²) in [7, 11) is 0. The van der Waals surface area contributed by atoms with Gasteiger partial charge in [-0.05, 0) is 37.3 Å². The van der Waals surface area contributed by atoms with Crippen molar-refractivity contribution in [3.8, 4) is 0 Å². The molecule has 1 amide bonds. The lowest BCUT2D eigenvalue weighted by Crippen LogP contribution is -2.49. The molecule has 0 spiro atoms. The molecular formula is C20H22F3N3O. The molecule has 0 radical (unpaired) electrons. The standard InChI is InChI=1S/C20H22F3N3O/c1-14(18-7-4-16(22)12-19(18)23)24-20(27)13-25-8-10-26(11-9-25)17-5-2-15(21)3-6-17/h2-7,12,14H,8-11,13H2,1H3,(H,24,27)/t14-/m0/s1. The van der Waals surface area contributed by atoms with Crippen LogP contribution in [0.1, 0.15) is 18.5 Å². The number of nitrogens with one attached hydrogen (secondary N) is 1. The molecule has 7 heteroatoms. The highest BCUT2D eigenvalue weighted by atomic mass is 19.1. The van der Waals surface area contributed by atoms with E-state index in [1.165, 1.54) is 24.3 Å². The maximum Gasteiger partial charge on any atom is 0.234 e. The highest BCUT2D eigenvalue weighted by molar-refractivity contribution is 5.78. The summed E-state index contributed by atoms with van der Waals surface area (Å²) < 4.78 is 39.8. The third-order valence-electron chi connectivity index (χ3n) is 4.74. The summed E-state index contributed by atoms with van der Waals surface area (Å²) in [5, 5.41) is 2.75. The van der Waals surface area contributed by atoms with E-state index < -0.39 is 17.7 Å². The summed E-state index contributed by atoms with van der Waals surface area (Å²) in [6, 6.07) is 9.15. The average Bonchev–Trinajstić information content (AvgIpc) is 2.63. The Morgan fingerprint density at radius 2 is 1.63 bits per heavy atom. The number of hydrogen-bond donors (Lipinski definition) is 1. The summed E-state index contributed by atoms with van der Waals surface area (Å²) in [4.78, 5) is 16.4. The molecule has 2 aromatic rings. The Balaban J connectivity index is 1.48. The molecule has 0 aromatic heterocycles. The first-order valence-electron chi connectivity index (χ1n) is 8.89. The van der Waals surface area contributed by atoms with Crippen molar-refractivity contribution in [3.63, 3.8) is 0 Å². The van der Waals surface area contributed by atoms with E-state index in [9.17, 15) is 18.0 Å². The summed E-state index contributed by atoms with van der Waals surface area (Å²) in [5.74, 6) is -1.79. The highest BCUT2D eigenvalue weighted by Crippen LogP contribution is 2.19. The molecule has 1 atom stereocenters. The SMILES string of the molecule is C[C@H](NC(=O)CN1CCN(c2ccc(F)cc2)CC1)c1ccc(F)cc1F. The van der Waals surface area contributed by atoms with Gasteiger partial charge >= 0.3 is 0 Å². The van der Waals surface area contributed by atoms with Gasteiger partial charge in [-0.2, -0.15) is 0 Å². The average molecular weight is 377 g/mol. The number of benzene rings is 2. The van der Waals surface area contributed by atoms with Crippen LogP contribution in [0, 0.1) is 17.5 Å². The van der Waals surface area contributed by atoms with Crippen LogP contribution in [0.3, 0.4) is 0 Å². The van der Waals surface area contributed by atoms with E-state index in [-0.39, 0.29) is 23.8 Å². The molecule has 1 heterocycles. The van der Waals surface area contributed by atoms with E-state index in [1.807, 2.05) is 4.90 Å². The molecule has 1 aliphatic rings. The van der Waals surface area contributed by atoms with Crippen molar-refractivity contribution < 1.29 is 18.0 Å². The lowest BCUT2D eigenvalue weighted by molar-refractivity contribution is -0.123. The molecule has 2 aromatic carbocycles. The van der Waals surface area contributed by atoms with Crippen LogP contribution in [-0.2, 0) is 4.79 Å². The van der Waals surface area contributed by atoms with Gasteiger partial charge in [0.15, 0.2) is 0 Å². The van der Waals surface area contributed by atoms with Crippen molar-refractivity contribution in [2.24, 2.45) is 0 Å². The first kappa shape index (κ1) is 19.2. The molecule has 27 heavy (non-hydrogen) atoms. The number of halogens is 3. The fraction of sp³-hybridized carbons (Fsp3) is 0.350. The Hall–Kier alpha value is -2.54. The van der Waals surface area contributed by atoms with E-state index in [1.54, 1.807) is 19.1 Å². The molecule has 4 nitrogen and oxygen atoms in total. The second kappa shape index (κ2) is 8.43. The second-order valence-corrected chi connectivity index (χ2v) is 6.69. The van der Waals surface area contributed by atoms with E-state index in [0.29, 0.717) is 13.1 Å². The maximum absolute atomic E-state index is 13.8. The van der Waals surface area contributed by atoms with Gasteiger partial charge in [-0.1, -0.05) is 6.07 Å². The Bertz CT molecular complexity index is 790. The number of anilines is 1. The molecule has 0 aliphatic carbocycles. The lowest BCUT2D eigenvalue weighted by Gasteiger charge is -2.35. The molecule has 0 unspecified atom stereocenters. The third-order valence-corrected chi connectivity index (χ3v) is 4.74. The Kier molecular flexibility index (Phi) is 6.01. The molecular weight excluding hydrogens is 355 g/mol. The van der Waals surface area contributed by atoms with Crippen LogP contribution in [0.25, 0.3) is 0 Å². The maximum atomic E-state index is 13.8. The summed E-state index contributed by atoms with van der Waals surface area (Å²) in [6.45, 7) is 4.75. The summed E-state index contributed by atoms with van der Waals surface area (Å²) >= 11 is 0. The summed E-state index contributed by atoms with van der Waals surface area (Å²) in [5.41, 5.74) is 1.21. The molecule has 1 N–H and O–H groups in total. The van der Waals surface area contributed by atoms with Crippen molar-refractivity contribution in [1.29, 1.82) is 0 Å². The van der Waals surface area contributed by atoms with Crippen LogP contribution in [0.2, 0.25) is 0 Å². The van der Waals surface area contributed by atoms with Crippen molar-refractivity contribution in [2.75, 3.05) is 37.6 Å². The normalized spacial score (nSPS) is 16.2. The number of hydrogen-bond acceptors (Lipinski definition) is 3. The number of carbonyl (C=O) groups excluding carboxylic acids is 1. The van der Waals surface area contributed by atoms with Gasteiger partial charge in [-0.3, -0.25) is 9.69 Å². The lowest BCUT2D eigenvalue weighted by atomic mass is 10.1. The Labute approximate surface area is 156 Å². The minimum absolute atomic E-state index is 0.207. The minimum atomic E-state index is -0.671. The topological polar surface area (TPSA) is 35.6 Å². The van der Waals surface area contributed by atoms with Crippen LogP contribution < -0.4 is 10.2 Å². The van der Waals surface area contributed by atoms with Crippen LogP contribution >= 0.6 is 0 Å². The molecule has 0 saturated carbocycles. The van der Waals surface area contributed by atoms with E-state index >= 15 is 0 Å². The number of amides is 1. The smallest absolute Gasteiger partial charge is 0.234 e. The van der Waals surface area contributed by atoms with Crippen LogP contribution in [0.15, 0.2) is 42.5 Å². The predicted molar refractivity (Wildman–Crippen MR) is 98.0 cm³/mol. The van der Waals surface area contributed by atoms with Crippen molar-refractivity contribution in [2.45, 2.75) is 13.0 Å². The third kappa shape index (κ3) is 5.01. The molecule has 0 bridgehead atoms. The summed E-state index contributed by atoms with van der Waals surface area (Å²) in [6.07, 6.45) is 0. The number of rotatable bonds is 5. The van der Waals surface area contributed by atoms with E-state index in [0.717, 1.165) is 24.8 Å². The first-order chi connectivity index (χ1) is 12.9. The monoisotopic (exact) mass is 377 g/mol. The number of piperazine rings is 1. The van der Waals surface area contributed by atoms with Crippen molar-refractivity contribution in [1.82, 2.24) is 10.2 Å². The Morgan fingerprint density at radius 3 is 2.26 bits per heavy atom. The minimum Gasteiger partial charge on any atom is -0.369 e.